The molecule has 4 heterocycles. The van der Waals surface area contributed by atoms with Crippen LogP contribution < -0.4 is 10.2 Å². The molecule has 0 unspecified atom stereocenters. The minimum atomic E-state index is -1.27. The van der Waals surface area contributed by atoms with Gasteiger partial charge in [-0.2, -0.15) is 0 Å². The fourth-order valence-electron chi connectivity index (χ4n) is 6.29. The molecule has 0 radical (unpaired) electrons. The van der Waals surface area contributed by atoms with E-state index in [-0.39, 0.29) is 28.6 Å². The first kappa shape index (κ1) is 20.5. The van der Waals surface area contributed by atoms with E-state index in [1.54, 1.807) is 18.2 Å². The summed E-state index contributed by atoms with van der Waals surface area (Å²) >= 11 is 19.0. The number of fused-ring (bicyclic) bond motifs is 7. The van der Waals surface area contributed by atoms with Crippen LogP contribution in [0.3, 0.4) is 0 Å². The topological polar surface area (TPSA) is 69.7 Å². The summed E-state index contributed by atoms with van der Waals surface area (Å²) in [6.45, 7) is 2.53. The minimum absolute atomic E-state index is 0.213. The highest BCUT2D eigenvalue weighted by Gasteiger charge is 2.74. The number of nitrogens with one attached hydrogen (secondary N) is 1. The molecule has 1 N–H and O–H groups in total. The summed E-state index contributed by atoms with van der Waals surface area (Å²) in [6.07, 6.45) is 1.58. The van der Waals surface area contributed by atoms with Crippen molar-refractivity contribution in [3.8, 4) is 0 Å². The van der Waals surface area contributed by atoms with Crippen LogP contribution >= 0.6 is 34.8 Å². The molecule has 3 saturated heterocycles. The van der Waals surface area contributed by atoms with Gasteiger partial charge in [-0.15, -0.1) is 0 Å². The zero-order chi connectivity index (χ0) is 22.5. The Labute approximate surface area is 199 Å². The molecule has 4 atom stereocenters. The molecule has 9 heteroatoms. The van der Waals surface area contributed by atoms with Crippen molar-refractivity contribution in [3.63, 3.8) is 0 Å². The number of anilines is 2. The van der Waals surface area contributed by atoms with Crippen molar-refractivity contribution in [2.45, 2.75) is 31.3 Å². The molecule has 4 aliphatic heterocycles. The van der Waals surface area contributed by atoms with Gasteiger partial charge in [0.2, 0.25) is 11.8 Å². The molecular formula is C23H18Cl3N3O3. The number of hydrogen-bond donors (Lipinski definition) is 1. The number of imide groups is 1. The minimum Gasteiger partial charge on any atom is -0.323 e. The van der Waals surface area contributed by atoms with Gasteiger partial charge in [-0.1, -0.05) is 40.9 Å². The summed E-state index contributed by atoms with van der Waals surface area (Å²) in [4.78, 5) is 44.5. The van der Waals surface area contributed by atoms with Gasteiger partial charge >= 0.3 is 0 Å². The second-order valence-electron chi connectivity index (χ2n) is 8.90. The largest absolute Gasteiger partial charge is 0.323 e. The third-order valence-electron chi connectivity index (χ3n) is 7.35. The molecule has 3 fully saturated rings. The van der Waals surface area contributed by atoms with Crippen molar-refractivity contribution >= 4 is 63.9 Å². The number of nitrogens with zero attached hydrogens (tertiary/aromatic N) is 2. The molecule has 3 amide bonds. The molecule has 32 heavy (non-hydrogen) atoms. The highest BCUT2D eigenvalue weighted by molar-refractivity contribution is 6.38. The number of hydrogen-bond acceptors (Lipinski definition) is 4. The molecule has 2 aromatic carbocycles. The van der Waals surface area contributed by atoms with Crippen LogP contribution in [0.25, 0.3) is 0 Å². The van der Waals surface area contributed by atoms with Crippen LogP contribution in [0.1, 0.15) is 24.0 Å². The maximum absolute atomic E-state index is 13.9. The predicted molar refractivity (Wildman–Crippen MR) is 122 cm³/mol. The Kier molecular flexibility index (Phi) is 4.29. The maximum atomic E-state index is 13.9. The highest BCUT2D eigenvalue weighted by atomic mass is 35.5. The summed E-state index contributed by atoms with van der Waals surface area (Å²) in [5, 5.41) is 3.97. The first-order valence-corrected chi connectivity index (χ1v) is 11.6. The summed E-state index contributed by atoms with van der Waals surface area (Å²) < 4.78 is 0. The molecule has 1 spiro atoms. The van der Waals surface area contributed by atoms with Gasteiger partial charge in [-0.05, 0) is 56.1 Å². The van der Waals surface area contributed by atoms with Crippen LogP contribution in [0.2, 0.25) is 15.1 Å². The van der Waals surface area contributed by atoms with Crippen molar-refractivity contribution < 1.29 is 14.4 Å². The van der Waals surface area contributed by atoms with Crippen LogP contribution in [-0.2, 0) is 19.9 Å². The lowest BCUT2D eigenvalue weighted by Crippen LogP contribution is -2.54. The molecule has 6 rings (SSSR count). The van der Waals surface area contributed by atoms with Crippen molar-refractivity contribution in [1.29, 1.82) is 0 Å². The zero-order valence-electron chi connectivity index (χ0n) is 17.0. The Morgan fingerprint density at radius 2 is 1.81 bits per heavy atom. The number of amides is 3. The van der Waals surface area contributed by atoms with Gasteiger partial charge in [0.15, 0.2) is 0 Å². The first-order valence-electron chi connectivity index (χ1n) is 10.5. The lowest BCUT2D eigenvalue weighted by molar-refractivity contribution is -0.135. The van der Waals surface area contributed by atoms with Gasteiger partial charge in [-0.3, -0.25) is 19.3 Å². The van der Waals surface area contributed by atoms with Gasteiger partial charge in [0, 0.05) is 16.6 Å². The van der Waals surface area contributed by atoms with Gasteiger partial charge in [0.1, 0.15) is 5.54 Å². The standard InChI is InChI=1S/C23H18Cl3N3O3/c1-10-7-12-19(14(26)8-10)27-22(32)23(12)18-17(15-3-2-6-28(15)23)20(30)29(21(18)31)16-9-11(24)4-5-13(16)25/h4-5,7-9,15,17-18H,2-3,6H2,1H3,(H,27,32)/t15-,17-,18+,23-/m1/s1. The van der Waals surface area contributed by atoms with Crippen LogP contribution in [-0.4, -0.2) is 35.2 Å². The summed E-state index contributed by atoms with van der Waals surface area (Å²) in [7, 11) is 0. The number of carbonyl (C=O) groups excluding carboxylic acids is 3. The van der Waals surface area contributed by atoms with E-state index in [2.05, 4.69) is 10.2 Å². The molecule has 0 aromatic heterocycles. The van der Waals surface area contributed by atoms with Crippen LogP contribution in [0, 0.1) is 18.8 Å². The number of benzene rings is 2. The third-order valence-corrected chi connectivity index (χ3v) is 8.20. The molecule has 0 aliphatic carbocycles. The van der Waals surface area contributed by atoms with Crippen molar-refractivity contribution in [3.05, 3.63) is 56.5 Å². The molecule has 0 bridgehead atoms. The van der Waals surface area contributed by atoms with Gasteiger partial charge in [0.05, 0.1) is 33.3 Å². The second kappa shape index (κ2) is 6.70. The molecule has 164 valence electrons. The number of aryl methyl sites for hydroxylation is 1. The van der Waals surface area contributed by atoms with E-state index in [1.165, 1.54) is 6.07 Å². The third kappa shape index (κ3) is 2.34. The zero-order valence-corrected chi connectivity index (χ0v) is 19.3. The van der Waals surface area contributed by atoms with E-state index in [1.807, 2.05) is 13.0 Å². The monoisotopic (exact) mass is 489 g/mol. The van der Waals surface area contributed by atoms with E-state index in [4.69, 9.17) is 34.8 Å². The molecule has 2 aromatic rings. The first-order chi connectivity index (χ1) is 15.3. The van der Waals surface area contributed by atoms with E-state index in [0.29, 0.717) is 27.8 Å². The number of rotatable bonds is 1. The second-order valence-corrected chi connectivity index (χ2v) is 10.2. The fraction of sp³-hybridized carbons (Fsp3) is 0.348. The number of halogens is 3. The van der Waals surface area contributed by atoms with Crippen LogP contribution in [0.4, 0.5) is 11.4 Å². The Morgan fingerprint density at radius 1 is 1.03 bits per heavy atom. The van der Waals surface area contributed by atoms with Crippen molar-refractivity contribution in [2.24, 2.45) is 11.8 Å². The smallest absolute Gasteiger partial charge is 0.250 e. The van der Waals surface area contributed by atoms with Gasteiger partial charge in [0.25, 0.3) is 5.91 Å². The van der Waals surface area contributed by atoms with Gasteiger partial charge < -0.3 is 5.32 Å². The molecule has 6 nitrogen and oxygen atoms in total. The summed E-state index contributed by atoms with van der Waals surface area (Å²) in [5.74, 6) is -2.58. The quantitative estimate of drug-likeness (QED) is 0.602. The van der Waals surface area contributed by atoms with Crippen molar-refractivity contribution in [2.75, 3.05) is 16.8 Å². The number of carbonyl (C=O) groups is 3. The maximum Gasteiger partial charge on any atom is 0.250 e. The highest BCUT2D eigenvalue weighted by Crippen LogP contribution is 2.61. The Bertz CT molecular complexity index is 1250. The Hall–Kier alpha value is -2.12. The lowest BCUT2D eigenvalue weighted by Gasteiger charge is -2.36. The Morgan fingerprint density at radius 3 is 2.59 bits per heavy atom. The van der Waals surface area contributed by atoms with Crippen molar-refractivity contribution in [1.82, 2.24) is 4.90 Å². The molecule has 0 saturated carbocycles. The van der Waals surface area contributed by atoms with E-state index in [9.17, 15) is 14.4 Å². The van der Waals surface area contributed by atoms with Crippen LogP contribution in [0.15, 0.2) is 30.3 Å². The van der Waals surface area contributed by atoms with E-state index in [0.717, 1.165) is 23.3 Å². The molecular weight excluding hydrogens is 473 g/mol. The fourth-order valence-corrected chi connectivity index (χ4v) is 6.98. The molecule has 4 aliphatic rings. The summed E-state index contributed by atoms with van der Waals surface area (Å²) in [6, 6.07) is 8.16. The van der Waals surface area contributed by atoms with Crippen LogP contribution in [0.5, 0.6) is 0 Å². The normalized spacial score (nSPS) is 30.8. The predicted octanol–water partition coefficient (Wildman–Crippen LogP) is 4.39. The average molecular weight is 491 g/mol. The summed E-state index contributed by atoms with van der Waals surface area (Å²) in [5.41, 5.74) is 1.06. The Balaban J connectivity index is 1.59. The SMILES string of the molecule is Cc1cc(Cl)c2c(c1)[C@]1(C(=O)N2)[C@@H]2C(=O)N(c3cc(Cl)ccc3Cl)C(=O)[C@@H]2[C@H]2CCCN21. The van der Waals surface area contributed by atoms with E-state index < -0.39 is 23.3 Å². The van der Waals surface area contributed by atoms with E-state index >= 15 is 0 Å². The lowest BCUT2D eigenvalue weighted by atomic mass is 9.75. The average Bonchev–Trinajstić information content (AvgIpc) is 3.43. The van der Waals surface area contributed by atoms with Gasteiger partial charge in [-0.25, -0.2) is 4.90 Å².